The van der Waals surface area contributed by atoms with E-state index in [1.54, 1.807) is 12.1 Å². The predicted molar refractivity (Wildman–Crippen MR) is 48.1 cm³/mol. The molecule has 0 spiro atoms. The van der Waals surface area contributed by atoms with Crippen LogP contribution in [-0.4, -0.2) is 29.1 Å². The molecule has 0 radical (unpaired) electrons. The van der Waals surface area contributed by atoms with Crippen molar-refractivity contribution in [3.05, 3.63) is 29.8 Å². The van der Waals surface area contributed by atoms with E-state index in [1.807, 2.05) is 0 Å². The van der Waals surface area contributed by atoms with E-state index in [0.29, 0.717) is 12.0 Å². The summed E-state index contributed by atoms with van der Waals surface area (Å²) in [6, 6.07) is 4.83. The summed E-state index contributed by atoms with van der Waals surface area (Å²) in [5.74, 6) is 0.0888. The van der Waals surface area contributed by atoms with Gasteiger partial charge in [-0.3, -0.25) is 0 Å². The molecule has 0 saturated carbocycles. The summed E-state index contributed by atoms with van der Waals surface area (Å²) in [7, 11) is -1.93. The van der Waals surface area contributed by atoms with Crippen LogP contribution in [-0.2, 0) is 6.42 Å². The Morgan fingerprint density at radius 1 is 1.46 bits per heavy atom. The molecule has 0 fully saturated rings. The predicted octanol–water partition coefficient (Wildman–Crippen LogP) is -0.430. The zero-order valence-corrected chi connectivity index (χ0v) is 6.97. The third-order valence-electron chi connectivity index (χ3n) is 1.44. The topological polar surface area (TPSA) is 69.9 Å². The van der Waals surface area contributed by atoms with Crippen LogP contribution >= 0.6 is 0 Å². The monoisotopic (exact) mass is 183 g/mol. The highest BCUT2D eigenvalue weighted by Crippen LogP contribution is 2.13. The van der Waals surface area contributed by atoms with Crippen molar-refractivity contribution in [3.63, 3.8) is 0 Å². The Hall–Kier alpha value is -1.04. The fourth-order valence-corrected chi connectivity index (χ4v) is 0.942. The number of aliphatic hydroxyl groups is 1. The maximum atomic E-state index is 8.69. The van der Waals surface area contributed by atoms with Gasteiger partial charge in [-0.25, -0.2) is 0 Å². The SMILES string of the molecule is [2H]c1c(CCO)cccc1OB(O)O. The molecule has 13 heavy (non-hydrogen) atoms. The average molecular weight is 183 g/mol. The van der Waals surface area contributed by atoms with Gasteiger partial charge in [0.15, 0.2) is 0 Å². The van der Waals surface area contributed by atoms with Crippen molar-refractivity contribution in [2.45, 2.75) is 6.42 Å². The molecule has 0 bridgehead atoms. The molecule has 1 rings (SSSR count). The van der Waals surface area contributed by atoms with Crippen molar-refractivity contribution in [2.24, 2.45) is 0 Å². The smallest absolute Gasteiger partial charge is 0.512 e. The summed E-state index contributed by atoms with van der Waals surface area (Å²) in [6.07, 6.45) is 0.345. The molecule has 0 saturated heterocycles. The van der Waals surface area contributed by atoms with Gasteiger partial charge >= 0.3 is 7.32 Å². The third-order valence-corrected chi connectivity index (χ3v) is 1.44. The molecule has 0 unspecified atom stereocenters. The number of hydrogen-bond acceptors (Lipinski definition) is 4. The minimum absolute atomic E-state index is 0.0585. The number of hydrogen-bond donors (Lipinski definition) is 3. The highest BCUT2D eigenvalue weighted by atomic mass is 16.6. The average Bonchev–Trinajstić information content (AvgIpc) is 2.11. The highest BCUT2D eigenvalue weighted by Gasteiger charge is 2.10. The van der Waals surface area contributed by atoms with Gasteiger partial charge in [-0.1, -0.05) is 12.1 Å². The van der Waals surface area contributed by atoms with E-state index in [0.717, 1.165) is 0 Å². The fraction of sp³-hybridized carbons (Fsp3) is 0.250. The summed E-state index contributed by atoms with van der Waals surface area (Å²) in [5.41, 5.74) is 0.602. The number of benzene rings is 1. The number of rotatable bonds is 4. The molecule has 0 aromatic heterocycles. The summed E-state index contributed by atoms with van der Waals surface area (Å²) < 4.78 is 12.2. The van der Waals surface area contributed by atoms with Gasteiger partial charge in [0, 0.05) is 6.61 Å². The largest absolute Gasteiger partial charge is 0.707 e. The Kier molecular flexibility index (Phi) is 3.20. The van der Waals surface area contributed by atoms with Crippen molar-refractivity contribution < 1.29 is 21.2 Å². The fourth-order valence-electron chi connectivity index (χ4n) is 0.942. The van der Waals surface area contributed by atoms with E-state index in [2.05, 4.69) is 4.65 Å². The molecule has 0 aliphatic rings. The Morgan fingerprint density at radius 2 is 2.23 bits per heavy atom. The van der Waals surface area contributed by atoms with E-state index in [9.17, 15) is 0 Å². The first-order chi connectivity index (χ1) is 6.65. The van der Waals surface area contributed by atoms with Crippen LogP contribution in [0.4, 0.5) is 0 Å². The van der Waals surface area contributed by atoms with Crippen LogP contribution in [0.2, 0.25) is 0 Å². The first kappa shape index (κ1) is 8.56. The van der Waals surface area contributed by atoms with Crippen molar-refractivity contribution in [1.29, 1.82) is 0 Å². The third kappa shape index (κ3) is 3.46. The van der Waals surface area contributed by atoms with E-state index in [1.165, 1.54) is 6.07 Å². The quantitative estimate of drug-likeness (QED) is 0.554. The molecule has 0 atom stereocenters. The van der Waals surface area contributed by atoms with Gasteiger partial charge in [0.1, 0.15) is 5.75 Å². The standard InChI is InChI=1S/C8H11BO4/c10-5-4-7-2-1-3-8(6-7)13-9(11)12/h1-3,6,10-12H,4-5H2/i6D. The highest BCUT2D eigenvalue weighted by molar-refractivity contribution is 6.33. The molecule has 70 valence electrons. The van der Waals surface area contributed by atoms with Gasteiger partial charge < -0.3 is 19.8 Å². The maximum Gasteiger partial charge on any atom is 0.707 e. The summed E-state index contributed by atoms with van der Waals surface area (Å²) >= 11 is 0. The van der Waals surface area contributed by atoms with E-state index < -0.39 is 7.32 Å². The van der Waals surface area contributed by atoms with Crippen LogP contribution in [0.1, 0.15) is 6.93 Å². The molecule has 4 nitrogen and oxygen atoms in total. The van der Waals surface area contributed by atoms with E-state index in [4.69, 9.17) is 16.5 Å². The molecule has 3 N–H and O–H groups in total. The first-order valence-corrected chi connectivity index (χ1v) is 3.87. The van der Waals surface area contributed by atoms with E-state index >= 15 is 0 Å². The van der Waals surface area contributed by atoms with Gasteiger partial charge in [0.25, 0.3) is 0 Å². The minimum atomic E-state index is -1.93. The van der Waals surface area contributed by atoms with Crippen LogP contribution in [0.15, 0.2) is 24.2 Å². The second kappa shape index (κ2) is 4.86. The van der Waals surface area contributed by atoms with E-state index in [-0.39, 0.29) is 18.4 Å². The normalized spacial score (nSPS) is 10.8. The molecule has 5 heteroatoms. The van der Waals surface area contributed by atoms with Crippen molar-refractivity contribution in [1.82, 2.24) is 0 Å². The maximum absolute atomic E-state index is 8.69. The summed E-state index contributed by atoms with van der Waals surface area (Å²) in [6.45, 7) is -0.0585. The molecule has 0 amide bonds. The van der Waals surface area contributed by atoms with Gasteiger partial charge in [-0.15, -0.1) is 0 Å². The minimum Gasteiger partial charge on any atom is -0.512 e. The Bertz CT molecular complexity index is 305. The molecule has 1 aromatic carbocycles. The van der Waals surface area contributed by atoms with Crippen LogP contribution in [0.5, 0.6) is 5.75 Å². The first-order valence-electron chi connectivity index (χ1n) is 4.37. The lowest BCUT2D eigenvalue weighted by molar-refractivity contribution is 0.287. The molecule has 0 heterocycles. The summed E-state index contributed by atoms with van der Waals surface area (Å²) in [4.78, 5) is 0. The van der Waals surface area contributed by atoms with Crippen LogP contribution in [0.25, 0.3) is 0 Å². The van der Waals surface area contributed by atoms with Gasteiger partial charge in [0.05, 0.1) is 1.37 Å². The number of aliphatic hydroxyl groups excluding tert-OH is 1. The van der Waals surface area contributed by atoms with Crippen molar-refractivity contribution in [2.75, 3.05) is 6.61 Å². The second-order valence-corrected chi connectivity index (χ2v) is 2.46. The zero-order chi connectivity index (χ0) is 10.6. The van der Waals surface area contributed by atoms with Gasteiger partial charge in [-0.2, -0.15) is 0 Å². The molecule has 0 aliphatic heterocycles. The Morgan fingerprint density at radius 3 is 2.85 bits per heavy atom. The van der Waals surface area contributed by atoms with Crippen LogP contribution in [0.3, 0.4) is 0 Å². The Balaban J connectivity index is 2.89. The lowest BCUT2D eigenvalue weighted by Gasteiger charge is -2.05. The van der Waals surface area contributed by atoms with Crippen LogP contribution < -0.4 is 4.65 Å². The second-order valence-electron chi connectivity index (χ2n) is 2.46. The van der Waals surface area contributed by atoms with Gasteiger partial charge in [0.2, 0.25) is 0 Å². The lowest BCUT2D eigenvalue weighted by Crippen LogP contribution is -2.20. The lowest BCUT2D eigenvalue weighted by atomic mass is 10.1. The molecular weight excluding hydrogens is 171 g/mol. The molecule has 0 aliphatic carbocycles. The van der Waals surface area contributed by atoms with Crippen molar-refractivity contribution >= 4 is 7.32 Å². The van der Waals surface area contributed by atoms with Crippen molar-refractivity contribution in [3.8, 4) is 5.75 Å². The van der Waals surface area contributed by atoms with Crippen LogP contribution in [0, 0.1) is 0 Å². The molecular formula is C8H11BO4. The summed E-state index contributed by atoms with van der Waals surface area (Å²) in [5, 5.41) is 25.8. The molecule has 1 aromatic rings. The zero-order valence-electron chi connectivity index (χ0n) is 7.97. The van der Waals surface area contributed by atoms with Gasteiger partial charge in [-0.05, 0) is 24.1 Å². The Labute approximate surface area is 78.0 Å².